The van der Waals surface area contributed by atoms with Gasteiger partial charge in [-0.15, -0.1) is 0 Å². The summed E-state index contributed by atoms with van der Waals surface area (Å²) in [5, 5.41) is 0. The van der Waals surface area contributed by atoms with Gasteiger partial charge in [0.1, 0.15) is 11.5 Å². The van der Waals surface area contributed by atoms with Crippen molar-refractivity contribution in [3.8, 4) is 11.5 Å². The van der Waals surface area contributed by atoms with Crippen LogP contribution in [0.2, 0.25) is 0 Å². The number of carbonyl (C=O) groups excluding carboxylic acids is 2. The van der Waals surface area contributed by atoms with Crippen molar-refractivity contribution in [3.63, 3.8) is 0 Å². The van der Waals surface area contributed by atoms with Gasteiger partial charge >= 0.3 is 6.18 Å². The molecule has 1 heterocycles. The van der Waals surface area contributed by atoms with Crippen LogP contribution in [0.1, 0.15) is 34.8 Å². The van der Waals surface area contributed by atoms with Gasteiger partial charge in [0.2, 0.25) is 5.91 Å². The van der Waals surface area contributed by atoms with Gasteiger partial charge in [-0.3, -0.25) is 9.59 Å². The third kappa shape index (κ3) is 5.60. The number of ether oxygens (including phenoxy) is 2. The van der Waals surface area contributed by atoms with Crippen molar-refractivity contribution in [3.05, 3.63) is 59.2 Å². The first kappa shape index (κ1) is 21.8. The lowest BCUT2D eigenvalue weighted by atomic mass is 10.1. The van der Waals surface area contributed by atoms with Gasteiger partial charge in [-0.05, 0) is 48.0 Å². The molecule has 0 spiro atoms. The lowest BCUT2D eigenvalue weighted by molar-refractivity contribution is -0.138. The Kier molecular flexibility index (Phi) is 6.77. The Hall–Kier alpha value is -2.87. The first-order chi connectivity index (χ1) is 14.3. The number of morpholine rings is 1. The monoisotopic (exact) mass is 421 g/mol. The second-order valence-corrected chi connectivity index (χ2v) is 6.94. The number of nitrogens with zero attached hydrogens (tertiary/aromatic N) is 1. The zero-order valence-corrected chi connectivity index (χ0v) is 16.5. The Morgan fingerprint density at radius 3 is 2.30 bits per heavy atom. The van der Waals surface area contributed by atoms with Crippen LogP contribution in [-0.4, -0.2) is 42.9 Å². The molecule has 1 amide bonds. The molecule has 2 aromatic carbocycles. The third-order valence-corrected chi connectivity index (χ3v) is 4.75. The average Bonchev–Trinajstić information content (AvgIpc) is 2.73. The van der Waals surface area contributed by atoms with Crippen molar-refractivity contribution in [2.24, 2.45) is 0 Å². The van der Waals surface area contributed by atoms with E-state index in [1.807, 2.05) is 0 Å². The second-order valence-electron chi connectivity index (χ2n) is 6.94. The van der Waals surface area contributed by atoms with Gasteiger partial charge in [0.25, 0.3) is 0 Å². The molecular formula is C22H22F3NO4. The van der Waals surface area contributed by atoms with Gasteiger partial charge in [0, 0.05) is 25.1 Å². The van der Waals surface area contributed by atoms with Crippen LogP contribution in [0, 0.1) is 0 Å². The Labute approximate surface area is 172 Å². The van der Waals surface area contributed by atoms with Gasteiger partial charge in [0.05, 0.1) is 25.2 Å². The molecule has 8 heteroatoms. The molecule has 0 bridgehead atoms. The lowest BCUT2D eigenvalue weighted by Crippen LogP contribution is -2.41. The Morgan fingerprint density at radius 1 is 1.03 bits per heavy atom. The molecule has 0 radical (unpaired) electrons. The highest BCUT2D eigenvalue weighted by Gasteiger charge is 2.32. The van der Waals surface area contributed by atoms with Crippen LogP contribution in [0.3, 0.4) is 0 Å². The maximum Gasteiger partial charge on any atom is 0.416 e. The number of hydrogen-bond donors (Lipinski definition) is 0. The topological polar surface area (TPSA) is 55.8 Å². The highest BCUT2D eigenvalue weighted by atomic mass is 19.4. The molecule has 0 atom stereocenters. The molecule has 1 aliphatic heterocycles. The molecule has 0 aromatic heterocycles. The van der Waals surface area contributed by atoms with Crippen molar-refractivity contribution >= 4 is 11.7 Å². The van der Waals surface area contributed by atoms with Gasteiger partial charge in [0.15, 0.2) is 5.78 Å². The normalized spacial score (nSPS) is 14.5. The minimum atomic E-state index is -4.58. The van der Waals surface area contributed by atoms with Gasteiger partial charge < -0.3 is 14.4 Å². The maximum atomic E-state index is 13.4. The summed E-state index contributed by atoms with van der Waals surface area (Å²) in [5.74, 6) is -0.0212. The predicted molar refractivity (Wildman–Crippen MR) is 104 cm³/mol. The van der Waals surface area contributed by atoms with Gasteiger partial charge in [-0.25, -0.2) is 0 Å². The first-order valence-electron chi connectivity index (χ1n) is 9.64. The Morgan fingerprint density at radius 2 is 1.70 bits per heavy atom. The van der Waals surface area contributed by atoms with Crippen molar-refractivity contribution in [2.75, 3.05) is 26.3 Å². The Bertz CT molecular complexity index is 904. The van der Waals surface area contributed by atoms with Crippen molar-refractivity contribution in [1.82, 2.24) is 4.90 Å². The van der Waals surface area contributed by atoms with Crippen LogP contribution < -0.4 is 4.74 Å². The molecule has 1 saturated heterocycles. The van der Waals surface area contributed by atoms with E-state index in [1.54, 1.807) is 24.0 Å². The summed E-state index contributed by atoms with van der Waals surface area (Å²) in [6.45, 7) is 3.42. The van der Waals surface area contributed by atoms with E-state index in [0.29, 0.717) is 44.0 Å². The smallest absolute Gasteiger partial charge is 0.416 e. The Balaban J connectivity index is 1.82. The first-order valence-corrected chi connectivity index (χ1v) is 9.64. The molecule has 1 fully saturated rings. The van der Waals surface area contributed by atoms with Crippen molar-refractivity contribution in [2.45, 2.75) is 25.9 Å². The number of rotatable bonds is 6. The van der Waals surface area contributed by atoms with E-state index in [2.05, 4.69) is 0 Å². The number of benzene rings is 2. The maximum absolute atomic E-state index is 13.4. The number of ketones is 1. The van der Waals surface area contributed by atoms with E-state index in [1.165, 1.54) is 18.2 Å². The zero-order chi connectivity index (χ0) is 21.7. The summed E-state index contributed by atoms with van der Waals surface area (Å²) in [6, 6.07) is 9.49. The average molecular weight is 421 g/mol. The van der Waals surface area contributed by atoms with Crippen LogP contribution in [-0.2, 0) is 22.1 Å². The lowest BCUT2D eigenvalue weighted by Gasteiger charge is -2.27. The molecule has 0 aliphatic carbocycles. The summed E-state index contributed by atoms with van der Waals surface area (Å²) in [4.78, 5) is 25.7. The number of hydrogen-bond acceptors (Lipinski definition) is 4. The highest BCUT2D eigenvalue weighted by Crippen LogP contribution is 2.34. The second kappa shape index (κ2) is 9.30. The fourth-order valence-electron chi connectivity index (χ4n) is 3.13. The van der Waals surface area contributed by atoms with Crippen LogP contribution in [0.25, 0.3) is 0 Å². The largest absolute Gasteiger partial charge is 0.457 e. The summed E-state index contributed by atoms with van der Waals surface area (Å²) < 4.78 is 50.9. The summed E-state index contributed by atoms with van der Waals surface area (Å²) in [7, 11) is 0. The molecular weight excluding hydrogens is 399 g/mol. The molecule has 0 N–H and O–H groups in total. The van der Waals surface area contributed by atoms with Gasteiger partial charge in [-0.1, -0.05) is 6.92 Å². The molecule has 5 nitrogen and oxygen atoms in total. The number of alkyl halides is 3. The van der Waals surface area contributed by atoms with E-state index in [4.69, 9.17) is 9.47 Å². The van der Waals surface area contributed by atoms with E-state index in [9.17, 15) is 22.8 Å². The molecule has 0 unspecified atom stereocenters. The number of amides is 1. The third-order valence-electron chi connectivity index (χ3n) is 4.75. The van der Waals surface area contributed by atoms with Crippen molar-refractivity contribution < 1.29 is 32.2 Å². The van der Waals surface area contributed by atoms with Crippen LogP contribution >= 0.6 is 0 Å². The fourth-order valence-corrected chi connectivity index (χ4v) is 3.13. The minimum Gasteiger partial charge on any atom is -0.457 e. The van der Waals surface area contributed by atoms with Gasteiger partial charge in [-0.2, -0.15) is 13.2 Å². The molecule has 2 aromatic rings. The number of halogens is 3. The van der Waals surface area contributed by atoms with Crippen LogP contribution in [0.15, 0.2) is 42.5 Å². The van der Waals surface area contributed by atoms with Crippen LogP contribution in [0.4, 0.5) is 13.2 Å². The summed E-state index contributed by atoms with van der Waals surface area (Å²) in [5.41, 5.74) is -0.164. The van der Waals surface area contributed by atoms with E-state index in [-0.39, 0.29) is 29.4 Å². The quantitative estimate of drug-likeness (QED) is 0.645. The molecule has 0 saturated carbocycles. The van der Waals surface area contributed by atoms with E-state index < -0.39 is 11.7 Å². The summed E-state index contributed by atoms with van der Waals surface area (Å²) >= 11 is 0. The van der Waals surface area contributed by atoms with E-state index >= 15 is 0 Å². The van der Waals surface area contributed by atoms with Crippen molar-refractivity contribution in [1.29, 1.82) is 0 Å². The van der Waals surface area contributed by atoms with E-state index in [0.717, 1.165) is 12.1 Å². The molecule has 30 heavy (non-hydrogen) atoms. The number of carbonyl (C=O) groups is 2. The minimum absolute atomic E-state index is 0.0239. The van der Waals surface area contributed by atoms with Crippen LogP contribution in [0.5, 0.6) is 11.5 Å². The standard InChI is InChI=1S/C22H22F3NO4/c1-2-20(27)16-3-5-18(6-4-16)30-19-12-15(11-17(14-19)22(23,24)25)13-21(28)26-7-9-29-10-8-26/h3-6,11-12,14H,2,7-10,13H2,1H3. The predicted octanol–water partition coefficient (Wildman–Crippen LogP) is 4.49. The number of Topliss-reactive ketones (excluding diaryl/α,β-unsaturated/α-hetero) is 1. The molecule has 160 valence electrons. The highest BCUT2D eigenvalue weighted by molar-refractivity contribution is 5.95. The fraction of sp³-hybridized carbons (Fsp3) is 0.364. The molecule has 1 aliphatic rings. The molecule has 3 rings (SSSR count). The SMILES string of the molecule is CCC(=O)c1ccc(Oc2cc(CC(=O)N3CCOCC3)cc(C(F)(F)F)c2)cc1. The zero-order valence-electron chi connectivity index (χ0n) is 16.5. The summed E-state index contributed by atoms with van der Waals surface area (Å²) in [6.07, 6.45) is -4.38.